The van der Waals surface area contributed by atoms with Crippen LogP contribution in [0.3, 0.4) is 0 Å². The maximum Gasteiger partial charge on any atom is 0.314 e. The van der Waals surface area contributed by atoms with Crippen LogP contribution in [-0.4, -0.2) is 11.0 Å². The molecule has 0 fully saturated rings. The van der Waals surface area contributed by atoms with Crippen LogP contribution >= 0.6 is 0 Å². The molecule has 0 bridgehead atoms. The van der Waals surface area contributed by atoms with Gasteiger partial charge in [0.05, 0.1) is 11.6 Å². The number of aryl methyl sites for hydroxylation is 1. The van der Waals surface area contributed by atoms with E-state index in [9.17, 15) is 9.18 Å². The van der Waals surface area contributed by atoms with E-state index in [1.165, 1.54) is 75.5 Å². The molecule has 2 aromatic rings. The van der Waals surface area contributed by atoms with Crippen molar-refractivity contribution in [3.63, 3.8) is 0 Å². The van der Waals surface area contributed by atoms with Crippen molar-refractivity contribution in [3.05, 3.63) is 47.9 Å². The number of pyridine rings is 1. The maximum atomic E-state index is 14.4. The van der Waals surface area contributed by atoms with Crippen LogP contribution < -0.4 is 4.74 Å². The summed E-state index contributed by atoms with van der Waals surface area (Å²) in [4.78, 5) is 16.4. The Labute approximate surface area is 187 Å². The summed E-state index contributed by atoms with van der Waals surface area (Å²) >= 11 is 0. The van der Waals surface area contributed by atoms with Crippen LogP contribution in [0.5, 0.6) is 5.75 Å². The number of esters is 1. The first-order valence-corrected chi connectivity index (χ1v) is 12.0. The molecule has 0 N–H and O–H groups in total. The van der Waals surface area contributed by atoms with Gasteiger partial charge in [-0.05, 0) is 49.1 Å². The van der Waals surface area contributed by atoms with Gasteiger partial charge in [0.2, 0.25) is 0 Å². The Morgan fingerprint density at radius 2 is 1.65 bits per heavy atom. The minimum atomic E-state index is -0.547. The maximum absolute atomic E-state index is 14.4. The zero-order chi connectivity index (χ0) is 22.5. The average molecular weight is 428 g/mol. The molecule has 0 aliphatic carbocycles. The topological polar surface area (TPSA) is 39.2 Å². The molecule has 0 aliphatic rings. The lowest BCUT2D eigenvalue weighted by Gasteiger charge is -2.10. The summed E-state index contributed by atoms with van der Waals surface area (Å²) < 4.78 is 19.6. The summed E-state index contributed by atoms with van der Waals surface area (Å²) in [6, 6.07) is 8.62. The van der Waals surface area contributed by atoms with Crippen molar-refractivity contribution in [2.75, 3.05) is 0 Å². The number of hydrogen-bond acceptors (Lipinski definition) is 3. The van der Waals surface area contributed by atoms with E-state index >= 15 is 0 Å². The lowest BCUT2D eigenvalue weighted by molar-refractivity contribution is -0.138. The van der Waals surface area contributed by atoms with Crippen LogP contribution in [0.15, 0.2) is 36.5 Å². The zero-order valence-corrected chi connectivity index (χ0v) is 19.5. The number of hydrogen-bond donors (Lipinski definition) is 0. The molecule has 0 aliphatic heterocycles. The number of unbranched alkanes of at least 4 members (excludes halogenated alkanes) is 8. The molecule has 4 heteroatoms. The summed E-state index contributed by atoms with van der Waals surface area (Å²) in [5.41, 5.74) is 2.61. The van der Waals surface area contributed by atoms with Crippen molar-refractivity contribution >= 4 is 5.97 Å². The first-order chi connectivity index (χ1) is 15.0. The molecule has 170 valence electrons. The molecule has 1 unspecified atom stereocenters. The Morgan fingerprint density at radius 3 is 2.23 bits per heavy atom. The predicted octanol–water partition coefficient (Wildman–Crippen LogP) is 7.91. The number of benzene rings is 1. The van der Waals surface area contributed by atoms with Crippen LogP contribution in [0.2, 0.25) is 0 Å². The van der Waals surface area contributed by atoms with E-state index in [0.29, 0.717) is 12.0 Å². The Balaban J connectivity index is 1.78. The molecule has 1 atom stereocenters. The molecular weight excluding hydrogens is 389 g/mol. The number of aromatic nitrogens is 1. The number of halogens is 1. The quantitative estimate of drug-likeness (QED) is 0.175. The third-order valence-corrected chi connectivity index (χ3v) is 5.85. The normalized spacial score (nSPS) is 12.0. The van der Waals surface area contributed by atoms with Gasteiger partial charge in [0.15, 0.2) is 11.6 Å². The predicted molar refractivity (Wildman–Crippen MR) is 126 cm³/mol. The van der Waals surface area contributed by atoms with E-state index in [0.717, 1.165) is 12.1 Å². The van der Waals surface area contributed by atoms with Crippen LogP contribution in [0.25, 0.3) is 11.3 Å². The summed E-state index contributed by atoms with van der Waals surface area (Å²) in [7, 11) is 0. The Bertz CT molecular complexity index is 788. The van der Waals surface area contributed by atoms with Crippen LogP contribution in [0.4, 0.5) is 4.39 Å². The van der Waals surface area contributed by atoms with Crippen molar-refractivity contribution in [2.45, 2.75) is 91.4 Å². The van der Waals surface area contributed by atoms with Crippen LogP contribution in [-0.2, 0) is 11.2 Å². The van der Waals surface area contributed by atoms with Gasteiger partial charge < -0.3 is 4.74 Å². The van der Waals surface area contributed by atoms with E-state index in [1.807, 2.05) is 19.2 Å². The molecule has 0 saturated heterocycles. The largest absolute Gasteiger partial charge is 0.423 e. The van der Waals surface area contributed by atoms with Crippen LogP contribution in [0.1, 0.15) is 90.5 Å². The third-order valence-electron chi connectivity index (χ3n) is 5.85. The standard InChI is InChI=1S/C27H38FNO2/c1-4-6-7-8-9-10-11-12-13-14-22-15-17-25(29-20-22)23-16-18-26(24(28)19-23)31-27(30)21(3)5-2/h15-21H,4-14H2,1-3H3. The molecule has 2 rings (SSSR count). The number of carbonyl (C=O) groups excluding carboxylic acids is 1. The van der Waals surface area contributed by atoms with Gasteiger partial charge >= 0.3 is 5.97 Å². The summed E-state index contributed by atoms with van der Waals surface area (Å²) in [5.74, 6) is -1.24. The molecule has 0 saturated carbocycles. The van der Waals surface area contributed by atoms with E-state index in [-0.39, 0.29) is 11.7 Å². The molecule has 0 spiro atoms. The SMILES string of the molecule is CCCCCCCCCCCc1ccc(-c2ccc(OC(=O)C(C)CC)c(F)c2)nc1. The highest BCUT2D eigenvalue weighted by molar-refractivity contribution is 5.75. The van der Waals surface area contributed by atoms with Crippen molar-refractivity contribution in [3.8, 4) is 17.0 Å². The minimum absolute atomic E-state index is 0.0315. The summed E-state index contributed by atoms with van der Waals surface area (Å²) in [5, 5.41) is 0. The van der Waals surface area contributed by atoms with Gasteiger partial charge in [0.1, 0.15) is 0 Å². The van der Waals surface area contributed by atoms with Gasteiger partial charge in [-0.25, -0.2) is 4.39 Å². The molecule has 1 aromatic carbocycles. The van der Waals surface area contributed by atoms with Gasteiger partial charge in [0, 0.05) is 11.8 Å². The average Bonchev–Trinajstić information content (AvgIpc) is 2.79. The Kier molecular flexibility index (Phi) is 11.3. The summed E-state index contributed by atoms with van der Waals surface area (Å²) in [6.45, 7) is 5.93. The van der Waals surface area contributed by atoms with Crippen LogP contribution in [0, 0.1) is 11.7 Å². The number of carbonyl (C=O) groups is 1. The van der Waals surface area contributed by atoms with E-state index in [1.54, 1.807) is 13.0 Å². The molecule has 0 amide bonds. The first kappa shape index (κ1) is 25.0. The first-order valence-electron chi connectivity index (χ1n) is 12.0. The monoisotopic (exact) mass is 427 g/mol. The second-order valence-electron chi connectivity index (χ2n) is 8.51. The van der Waals surface area contributed by atoms with Gasteiger partial charge in [-0.2, -0.15) is 0 Å². The number of ether oxygens (including phenoxy) is 1. The highest BCUT2D eigenvalue weighted by atomic mass is 19.1. The Hall–Kier alpha value is -2.23. The molecule has 1 heterocycles. The highest BCUT2D eigenvalue weighted by Gasteiger charge is 2.16. The molecule has 1 aromatic heterocycles. The lowest BCUT2D eigenvalue weighted by Crippen LogP contribution is -2.17. The van der Waals surface area contributed by atoms with Gasteiger partial charge in [-0.3, -0.25) is 9.78 Å². The fourth-order valence-corrected chi connectivity index (χ4v) is 3.50. The van der Waals surface area contributed by atoms with Crippen molar-refractivity contribution in [1.29, 1.82) is 0 Å². The minimum Gasteiger partial charge on any atom is -0.423 e. The highest BCUT2D eigenvalue weighted by Crippen LogP contribution is 2.25. The van der Waals surface area contributed by atoms with Gasteiger partial charge in [0.25, 0.3) is 0 Å². The van der Waals surface area contributed by atoms with Crippen molar-refractivity contribution in [2.24, 2.45) is 5.92 Å². The van der Waals surface area contributed by atoms with Crippen molar-refractivity contribution in [1.82, 2.24) is 4.98 Å². The number of rotatable bonds is 14. The van der Waals surface area contributed by atoms with E-state index in [2.05, 4.69) is 18.0 Å². The summed E-state index contributed by atoms with van der Waals surface area (Å²) in [6.07, 6.45) is 15.5. The Morgan fingerprint density at radius 1 is 0.968 bits per heavy atom. The van der Waals surface area contributed by atoms with E-state index in [4.69, 9.17) is 4.74 Å². The van der Waals surface area contributed by atoms with E-state index < -0.39 is 11.8 Å². The van der Waals surface area contributed by atoms with Gasteiger partial charge in [-0.15, -0.1) is 0 Å². The fraction of sp³-hybridized carbons (Fsp3) is 0.556. The second kappa shape index (κ2) is 14.0. The smallest absolute Gasteiger partial charge is 0.314 e. The number of nitrogens with zero attached hydrogens (tertiary/aromatic N) is 1. The molecular formula is C27H38FNO2. The second-order valence-corrected chi connectivity index (χ2v) is 8.51. The van der Waals surface area contributed by atoms with Crippen molar-refractivity contribution < 1.29 is 13.9 Å². The lowest BCUT2D eigenvalue weighted by atomic mass is 10.0. The fourth-order valence-electron chi connectivity index (χ4n) is 3.50. The third kappa shape index (κ3) is 8.80. The molecule has 0 radical (unpaired) electrons. The van der Waals surface area contributed by atoms with Gasteiger partial charge in [-0.1, -0.05) is 78.2 Å². The molecule has 3 nitrogen and oxygen atoms in total. The zero-order valence-electron chi connectivity index (χ0n) is 19.5. The molecule has 31 heavy (non-hydrogen) atoms.